The molecule has 1 aliphatic rings. The van der Waals surface area contributed by atoms with Crippen molar-refractivity contribution in [2.24, 2.45) is 5.41 Å². The van der Waals surface area contributed by atoms with E-state index in [4.69, 9.17) is 4.74 Å². The van der Waals surface area contributed by atoms with Crippen molar-refractivity contribution in [3.05, 3.63) is 52.6 Å². The molecule has 2 aromatic rings. The monoisotopic (exact) mass is 452 g/mol. The third kappa shape index (κ3) is 4.71. The highest BCUT2D eigenvalue weighted by Gasteiger charge is 2.36. The van der Waals surface area contributed by atoms with Crippen molar-refractivity contribution >= 4 is 23.2 Å². The van der Waals surface area contributed by atoms with Crippen LogP contribution in [-0.4, -0.2) is 17.9 Å². The molecule has 1 unspecified atom stereocenters. The Morgan fingerprint density at radius 2 is 1.78 bits per heavy atom. The van der Waals surface area contributed by atoms with Crippen LogP contribution in [0.1, 0.15) is 45.2 Å². The van der Waals surface area contributed by atoms with Crippen molar-refractivity contribution in [3.8, 4) is 5.75 Å². The summed E-state index contributed by atoms with van der Waals surface area (Å²) >= 11 is 0. The number of nitrogens with zero attached hydrogens (tertiary/aromatic N) is 1. The molecule has 1 N–H and O–H groups in total. The van der Waals surface area contributed by atoms with Gasteiger partial charge in [0.15, 0.2) is 29.3 Å². The molecule has 1 atom stereocenters. The SMILES string of the molecule is Cc1cc2c(c(F)c1NC(=O)CC(C)(C)C)OC(C)C(=O)N2Cc1cc(F)cc(F)c1F. The van der Waals surface area contributed by atoms with E-state index in [1.54, 1.807) is 0 Å². The smallest absolute Gasteiger partial charge is 0.268 e. The number of hydrogen-bond donors (Lipinski definition) is 1. The van der Waals surface area contributed by atoms with E-state index >= 15 is 4.39 Å². The Bertz CT molecular complexity index is 1100. The molecule has 0 spiro atoms. The first kappa shape index (κ1) is 23.6. The minimum Gasteiger partial charge on any atom is -0.476 e. The molecule has 5 nitrogen and oxygen atoms in total. The summed E-state index contributed by atoms with van der Waals surface area (Å²) in [5, 5.41) is 2.54. The number of carbonyl (C=O) groups excluding carboxylic acids is 2. The first-order valence-corrected chi connectivity index (χ1v) is 10.0. The van der Waals surface area contributed by atoms with Crippen LogP contribution in [0.3, 0.4) is 0 Å². The Hall–Kier alpha value is -3.10. The maximum atomic E-state index is 15.4. The molecule has 0 saturated carbocycles. The van der Waals surface area contributed by atoms with Gasteiger partial charge < -0.3 is 15.0 Å². The van der Waals surface area contributed by atoms with Gasteiger partial charge in [-0.25, -0.2) is 17.6 Å². The number of rotatable bonds is 4. The predicted molar refractivity (Wildman–Crippen MR) is 111 cm³/mol. The lowest BCUT2D eigenvalue weighted by molar-refractivity contribution is -0.125. The van der Waals surface area contributed by atoms with Gasteiger partial charge in [0.05, 0.1) is 17.9 Å². The highest BCUT2D eigenvalue weighted by Crippen LogP contribution is 2.42. The van der Waals surface area contributed by atoms with E-state index < -0.39 is 53.3 Å². The summed E-state index contributed by atoms with van der Waals surface area (Å²) in [5.74, 6) is -5.94. The largest absolute Gasteiger partial charge is 0.476 e. The number of amides is 2. The number of hydrogen-bond acceptors (Lipinski definition) is 3. The van der Waals surface area contributed by atoms with Crippen LogP contribution in [0.15, 0.2) is 18.2 Å². The fourth-order valence-electron chi connectivity index (χ4n) is 3.50. The standard InChI is InChI=1S/C23H24F4N2O3/c1-11-6-16-21(19(27)20(11)28-17(30)9-23(3,4)5)32-12(2)22(31)29(16)10-13-7-14(24)8-15(25)18(13)26/h6-8,12H,9-10H2,1-5H3,(H,28,30). The summed E-state index contributed by atoms with van der Waals surface area (Å²) in [7, 11) is 0. The molecule has 0 fully saturated rings. The van der Waals surface area contributed by atoms with Crippen LogP contribution in [0.5, 0.6) is 5.75 Å². The second-order valence-corrected chi connectivity index (χ2v) is 9.06. The molecule has 2 aromatic carbocycles. The number of halogens is 4. The van der Waals surface area contributed by atoms with Crippen LogP contribution >= 0.6 is 0 Å². The van der Waals surface area contributed by atoms with Gasteiger partial charge in [0.2, 0.25) is 5.91 Å². The predicted octanol–water partition coefficient (Wildman–Crippen LogP) is 5.24. The molecule has 0 bridgehead atoms. The second-order valence-electron chi connectivity index (χ2n) is 9.06. The molecule has 0 radical (unpaired) electrons. The third-order valence-corrected chi connectivity index (χ3v) is 4.95. The highest BCUT2D eigenvalue weighted by atomic mass is 19.2. The zero-order valence-electron chi connectivity index (χ0n) is 18.4. The van der Waals surface area contributed by atoms with Crippen LogP contribution in [0, 0.1) is 35.6 Å². The molecular weight excluding hydrogens is 428 g/mol. The Morgan fingerprint density at radius 1 is 1.12 bits per heavy atom. The Labute approximate surface area is 183 Å². The van der Waals surface area contributed by atoms with Gasteiger partial charge in [-0.15, -0.1) is 0 Å². The first-order chi connectivity index (χ1) is 14.8. The zero-order chi connectivity index (χ0) is 24.0. The van der Waals surface area contributed by atoms with Crippen molar-refractivity contribution in [2.45, 2.75) is 53.7 Å². The Kier molecular flexibility index (Phi) is 6.22. The number of nitrogens with one attached hydrogen (secondary N) is 1. The quantitative estimate of drug-likeness (QED) is 0.510. The number of carbonyl (C=O) groups is 2. The molecule has 1 aliphatic heterocycles. The molecule has 3 rings (SSSR count). The fourth-order valence-corrected chi connectivity index (χ4v) is 3.50. The third-order valence-electron chi connectivity index (χ3n) is 4.95. The Balaban J connectivity index is 2.03. The van der Waals surface area contributed by atoms with Gasteiger partial charge in [0.25, 0.3) is 5.91 Å². The van der Waals surface area contributed by atoms with Crippen molar-refractivity contribution < 1.29 is 31.9 Å². The Morgan fingerprint density at radius 3 is 2.41 bits per heavy atom. The van der Waals surface area contributed by atoms with Gasteiger partial charge in [-0.3, -0.25) is 9.59 Å². The van der Waals surface area contributed by atoms with E-state index in [1.807, 2.05) is 20.8 Å². The molecular formula is C23H24F4N2O3. The minimum absolute atomic E-state index is 0.0269. The second kappa shape index (κ2) is 8.44. The topological polar surface area (TPSA) is 58.6 Å². The highest BCUT2D eigenvalue weighted by molar-refractivity contribution is 6.01. The fraction of sp³-hybridized carbons (Fsp3) is 0.391. The van der Waals surface area contributed by atoms with E-state index in [0.717, 1.165) is 11.0 Å². The van der Waals surface area contributed by atoms with E-state index in [9.17, 15) is 22.8 Å². The lowest BCUT2D eigenvalue weighted by Crippen LogP contribution is -2.44. The van der Waals surface area contributed by atoms with Crippen LogP contribution in [0.25, 0.3) is 0 Å². The molecule has 0 saturated heterocycles. The molecule has 0 aliphatic carbocycles. The molecule has 2 amide bonds. The van der Waals surface area contributed by atoms with E-state index in [0.29, 0.717) is 11.6 Å². The molecule has 1 heterocycles. The first-order valence-electron chi connectivity index (χ1n) is 10.0. The van der Waals surface area contributed by atoms with E-state index in [2.05, 4.69) is 5.32 Å². The maximum absolute atomic E-state index is 15.4. The lowest BCUT2D eigenvalue weighted by Gasteiger charge is -2.34. The number of fused-ring (bicyclic) bond motifs is 1. The molecule has 0 aromatic heterocycles. The van der Waals surface area contributed by atoms with Crippen molar-refractivity contribution in [3.63, 3.8) is 0 Å². The van der Waals surface area contributed by atoms with E-state index in [1.165, 1.54) is 19.9 Å². The lowest BCUT2D eigenvalue weighted by atomic mass is 9.92. The van der Waals surface area contributed by atoms with Crippen molar-refractivity contribution in [2.75, 3.05) is 10.2 Å². The van der Waals surface area contributed by atoms with Gasteiger partial charge in [0, 0.05) is 18.1 Å². The van der Waals surface area contributed by atoms with Crippen LogP contribution in [0.4, 0.5) is 28.9 Å². The molecule has 32 heavy (non-hydrogen) atoms. The number of aryl methyl sites for hydroxylation is 1. The van der Waals surface area contributed by atoms with Crippen LogP contribution < -0.4 is 15.0 Å². The summed E-state index contributed by atoms with van der Waals surface area (Å²) < 4.78 is 62.3. The number of anilines is 2. The summed E-state index contributed by atoms with van der Waals surface area (Å²) in [4.78, 5) is 26.1. The van der Waals surface area contributed by atoms with Crippen molar-refractivity contribution in [1.29, 1.82) is 0 Å². The normalized spacial score (nSPS) is 16.0. The van der Waals surface area contributed by atoms with Gasteiger partial charge in [-0.05, 0) is 37.0 Å². The van der Waals surface area contributed by atoms with E-state index in [-0.39, 0.29) is 29.0 Å². The number of benzene rings is 2. The summed E-state index contributed by atoms with van der Waals surface area (Å²) in [6, 6.07) is 2.57. The maximum Gasteiger partial charge on any atom is 0.268 e. The average molecular weight is 452 g/mol. The van der Waals surface area contributed by atoms with Crippen molar-refractivity contribution in [1.82, 2.24) is 0 Å². The van der Waals surface area contributed by atoms with Gasteiger partial charge in [-0.1, -0.05) is 20.8 Å². The van der Waals surface area contributed by atoms with Gasteiger partial charge >= 0.3 is 0 Å². The average Bonchev–Trinajstić information content (AvgIpc) is 2.66. The van der Waals surface area contributed by atoms with Gasteiger partial charge in [0.1, 0.15) is 5.82 Å². The summed E-state index contributed by atoms with van der Waals surface area (Å²) in [6.07, 6.45) is -0.991. The number of ether oxygens (including phenoxy) is 1. The molecule has 9 heteroatoms. The van der Waals surface area contributed by atoms with Crippen LogP contribution in [0.2, 0.25) is 0 Å². The molecule has 172 valence electrons. The van der Waals surface area contributed by atoms with Crippen LogP contribution in [-0.2, 0) is 16.1 Å². The summed E-state index contributed by atoms with van der Waals surface area (Å²) in [6.45, 7) is 7.97. The summed E-state index contributed by atoms with van der Waals surface area (Å²) in [5.41, 5.74) is -0.549. The minimum atomic E-state index is -1.40. The zero-order valence-corrected chi connectivity index (χ0v) is 18.4. The van der Waals surface area contributed by atoms with Gasteiger partial charge in [-0.2, -0.15) is 0 Å².